The Morgan fingerprint density at radius 1 is 0.943 bits per heavy atom. The molecule has 0 saturated heterocycles. The number of carbonyl (C=O) groups excluding carboxylic acids is 2. The van der Waals surface area contributed by atoms with Crippen LogP contribution in [0.25, 0.3) is 10.9 Å². The monoisotopic (exact) mass is 512 g/mol. The minimum absolute atomic E-state index is 0.0198. The Balaban J connectivity index is 1.79. The van der Waals surface area contributed by atoms with Gasteiger partial charge in [0.15, 0.2) is 0 Å². The Morgan fingerprint density at radius 2 is 1.60 bits per heavy atom. The lowest BCUT2D eigenvalue weighted by Gasteiger charge is -2.24. The number of fused-ring (bicyclic) bond motifs is 1. The third-order valence-corrected chi connectivity index (χ3v) is 7.47. The number of esters is 1. The van der Waals surface area contributed by atoms with Gasteiger partial charge in [0.2, 0.25) is 0 Å². The van der Waals surface area contributed by atoms with Gasteiger partial charge < -0.3 is 9.47 Å². The van der Waals surface area contributed by atoms with Crippen LogP contribution in [0.4, 0.5) is 5.69 Å². The number of aromatic nitrogens is 1. The van der Waals surface area contributed by atoms with Crippen molar-refractivity contribution in [2.45, 2.75) is 4.90 Å². The zero-order valence-electron chi connectivity index (χ0n) is 18.8. The molecule has 0 fully saturated rings. The lowest BCUT2D eigenvalue weighted by atomic mass is 10.2. The largest absolute Gasteiger partial charge is 0.497 e. The maximum absolute atomic E-state index is 13.6. The van der Waals surface area contributed by atoms with Crippen molar-refractivity contribution in [1.29, 1.82) is 0 Å². The number of rotatable bonds is 7. The molecule has 4 aromatic rings. The van der Waals surface area contributed by atoms with Crippen LogP contribution >= 0.6 is 11.6 Å². The molecule has 0 radical (unpaired) electrons. The summed E-state index contributed by atoms with van der Waals surface area (Å²) in [6.45, 7) is -0.532. The number of sulfonamides is 1. The number of carbonyl (C=O) groups is 2. The number of anilines is 1. The van der Waals surface area contributed by atoms with E-state index >= 15 is 0 Å². The second-order valence-corrected chi connectivity index (χ2v) is 9.78. The van der Waals surface area contributed by atoms with Gasteiger partial charge in [-0.05, 0) is 54.6 Å². The normalized spacial score (nSPS) is 11.3. The van der Waals surface area contributed by atoms with Gasteiger partial charge in [-0.2, -0.15) is 0 Å². The quantitative estimate of drug-likeness (QED) is 0.335. The third kappa shape index (κ3) is 4.73. The number of para-hydroxylation sites is 1. The maximum Gasteiger partial charge on any atom is 0.340 e. The first kappa shape index (κ1) is 24.3. The molecule has 4 rings (SSSR count). The SMILES string of the molecule is COC(=O)c1cn(C(=O)CN(c2ccc(Cl)cc2)S(=O)(=O)c2ccc(OC)cc2)c2ccccc12. The molecule has 10 heteroatoms. The van der Waals surface area contributed by atoms with Crippen LogP contribution in [0, 0.1) is 0 Å². The van der Waals surface area contributed by atoms with Crippen molar-refractivity contribution in [1.82, 2.24) is 4.57 Å². The van der Waals surface area contributed by atoms with Gasteiger partial charge in [0.05, 0.1) is 35.9 Å². The van der Waals surface area contributed by atoms with Gasteiger partial charge in [-0.3, -0.25) is 13.7 Å². The molecule has 35 heavy (non-hydrogen) atoms. The Labute approximate surface area is 207 Å². The second-order valence-electron chi connectivity index (χ2n) is 7.48. The van der Waals surface area contributed by atoms with Crippen molar-refractivity contribution in [2.24, 2.45) is 0 Å². The Bertz CT molecular complexity index is 1500. The number of nitrogens with zero attached hydrogens (tertiary/aromatic N) is 2. The first-order valence-corrected chi connectivity index (χ1v) is 12.2. The van der Waals surface area contributed by atoms with E-state index in [1.807, 2.05) is 0 Å². The lowest BCUT2D eigenvalue weighted by Crippen LogP contribution is -2.37. The summed E-state index contributed by atoms with van der Waals surface area (Å²) in [5.41, 5.74) is 0.909. The molecule has 0 unspecified atom stereocenters. The Morgan fingerprint density at radius 3 is 2.23 bits per heavy atom. The summed E-state index contributed by atoms with van der Waals surface area (Å²) in [6, 6.07) is 18.8. The molecule has 8 nitrogen and oxygen atoms in total. The molecule has 0 N–H and O–H groups in total. The number of halogens is 1. The predicted octanol–water partition coefficient (Wildman–Crippen LogP) is 4.63. The van der Waals surface area contributed by atoms with Crippen LogP contribution in [-0.2, 0) is 14.8 Å². The molecule has 0 amide bonds. The van der Waals surface area contributed by atoms with Gasteiger partial charge in [-0.25, -0.2) is 13.2 Å². The summed E-state index contributed by atoms with van der Waals surface area (Å²) in [7, 11) is -1.43. The molecule has 180 valence electrons. The Kier molecular flexibility index (Phi) is 6.81. The second kappa shape index (κ2) is 9.81. The fourth-order valence-electron chi connectivity index (χ4n) is 3.65. The molecular formula is C25H21ClN2O6S. The minimum atomic E-state index is -4.15. The standard InChI is InChI=1S/C25H21ClN2O6S/c1-33-19-11-13-20(14-12-19)35(31,32)28(18-9-7-17(26)8-10-18)16-24(29)27-15-22(25(30)34-2)21-5-3-4-6-23(21)27/h3-15H,16H2,1-2H3. The molecule has 1 aromatic heterocycles. The van der Waals surface area contributed by atoms with Crippen molar-refractivity contribution in [2.75, 3.05) is 25.1 Å². The molecule has 0 saturated carbocycles. The summed E-state index contributed by atoms with van der Waals surface area (Å²) in [6.07, 6.45) is 1.36. The van der Waals surface area contributed by atoms with Gasteiger partial charge in [-0.15, -0.1) is 0 Å². The van der Waals surface area contributed by atoms with E-state index in [4.69, 9.17) is 21.1 Å². The van der Waals surface area contributed by atoms with Gasteiger partial charge in [0.25, 0.3) is 15.9 Å². The first-order chi connectivity index (χ1) is 16.8. The zero-order valence-corrected chi connectivity index (χ0v) is 20.4. The average Bonchev–Trinajstić information content (AvgIpc) is 3.27. The zero-order chi connectivity index (χ0) is 25.2. The van der Waals surface area contributed by atoms with Crippen molar-refractivity contribution in [3.8, 4) is 5.75 Å². The number of methoxy groups -OCH3 is 2. The van der Waals surface area contributed by atoms with Crippen LogP contribution in [0.2, 0.25) is 5.02 Å². The fraction of sp³-hybridized carbons (Fsp3) is 0.120. The average molecular weight is 513 g/mol. The molecule has 1 heterocycles. The fourth-order valence-corrected chi connectivity index (χ4v) is 5.20. The van der Waals surface area contributed by atoms with Gasteiger partial charge >= 0.3 is 5.97 Å². The molecule has 0 spiro atoms. The highest BCUT2D eigenvalue weighted by Crippen LogP contribution is 2.28. The predicted molar refractivity (Wildman–Crippen MR) is 133 cm³/mol. The lowest BCUT2D eigenvalue weighted by molar-refractivity contribution is 0.0603. The van der Waals surface area contributed by atoms with E-state index in [9.17, 15) is 18.0 Å². The highest BCUT2D eigenvalue weighted by molar-refractivity contribution is 7.92. The smallest absolute Gasteiger partial charge is 0.340 e. The summed E-state index contributed by atoms with van der Waals surface area (Å²) in [5.74, 6) is -0.677. The summed E-state index contributed by atoms with van der Waals surface area (Å²) in [5, 5.41) is 0.935. The van der Waals surface area contributed by atoms with Gasteiger partial charge in [-0.1, -0.05) is 29.8 Å². The van der Waals surface area contributed by atoms with Crippen LogP contribution in [0.1, 0.15) is 15.2 Å². The number of ether oxygens (including phenoxy) is 2. The van der Waals surface area contributed by atoms with E-state index in [1.54, 1.807) is 36.4 Å². The molecule has 0 aliphatic heterocycles. The topological polar surface area (TPSA) is 94.9 Å². The molecular weight excluding hydrogens is 492 g/mol. The molecule has 0 atom stereocenters. The number of hydrogen-bond donors (Lipinski definition) is 0. The summed E-state index contributed by atoms with van der Waals surface area (Å²) in [4.78, 5) is 25.7. The molecule has 0 aliphatic carbocycles. The highest BCUT2D eigenvalue weighted by atomic mass is 35.5. The molecule has 3 aromatic carbocycles. The van der Waals surface area contributed by atoms with Crippen molar-refractivity contribution >= 4 is 50.1 Å². The van der Waals surface area contributed by atoms with E-state index in [0.717, 1.165) is 4.31 Å². The van der Waals surface area contributed by atoms with E-state index < -0.39 is 28.4 Å². The highest BCUT2D eigenvalue weighted by Gasteiger charge is 2.29. The van der Waals surface area contributed by atoms with Crippen LogP contribution in [-0.4, -0.2) is 45.6 Å². The summed E-state index contributed by atoms with van der Waals surface area (Å²) < 4.78 is 39.5. The van der Waals surface area contributed by atoms with Crippen LogP contribution in [0.15, 0.2) is 83.9 Å². The van der Waals surface area contributed by atoms with Gasteiger partial charge in [0.1, 0.15) is 12.3 Å². The first-order valence-electron chi connectivity index (χ1n) is 10.4. The van der Waals surface area contributed by atoms with E-state index in [0.29, 0.717) is 21.7 Å². The van der Waals surface area contributed by atoms with Crippen molar-refractivity contribution < 1.29 is 27.5 Å². The van der Waals surface area contributed by atoms with E-state index in [2.05, 4.69) is 0 Å². The van der Waals surface area contributed by atoms with E-state index in [-0.39, 0.29) is 16.1 Å². The van der Waals surface area contributed by atoms with Crippen LogP contribution in [0.5, 0.6) is 5.75 Å². The number of benzene rings is 3. The summed E-state index contributed by atoms with van der Waals surface area (Å²) >= 11 is 6.00. The molecule has 0 aliphatic rings. The van der Waals surface area contributed by atoms with E-state index in [1.165, 1.54) is 61.4 Å². The van der Waals surface area contributed by atoms with Gasteiger partial charge in [0, 0.05) is 16.6 Å². The minimum Gasteiger partial charge on any atom is -0.497 e. The number of hydrogen-bond acceptors (Lipinski definition) is 6. The van der Waals surface area contributed by atoms with Crippen molar-refractivity contribution in [3.05, 3.63) is 89.6 Å². The van der Waals surface area contributed by atoms with Crippen LogP contribution < -0.4 is 9.04 Å². The van der Waals surface area contributed by atoms with Crippen LogP contribution in [0.3, 0.4) is 0 Å². The van der Waals surface area contributed by atoms with Crippen molar-refractivity contribution in [3.63, 3.8) is 0 Å². The Hall–Kier alpha value is -3.82. The molecule has 0 bridgehead atoms. The third-order valence-electron chi connectivity index (χ3n) is 5.43. The maximum atomic E-state index is 13.6.